The minimum absolute atomic E-state index is 0.109. The second-order valence-corrected chi connectivity index (χ2v) is 14.4. The molecule has 4 aromatic carbocycles. The van der Waals surface area contributed by atoms with E-state index in [1.165, 1.54) is 9.80 Å². The fraction of sp³-hybridized carbons (Fsp3) is 0.250. The van der Waals surface area contributed by atoms with Crippen LogP contribution in [0.5, 0.6) is 5.75 Å². The van der Waals surface area contributed by atoms with Crippen molar-refractivity contribution in [2.45, 2.75) is 38.0 Å². The highest BCUT2D eigenvalue weighted by atomic mass is 35.5. The zero-order valence-electron chi connectivity index (χ0n) is 26.8. The third kappa shape index (κ3) is 4.48. The smallest absolute Gasteiger partial charge is 0.246 e. The molecule has 2 aliphatic heterocycles. The second-order valence-electron chi connectivity index (χ2n) is 13.6. The SMILES string of the molecule is Cc1cc([C@H]2C3=CC[C@@H]4C(=O)N(c5ccc(C)c(Cl)c5)C(=O)[C@@H]4[C@@H]3C[C@H]3C(=O)N(c4cccc(Cl)c4)C(=O)[C@@]23c2ccccc2)ccc1O. The molecule has 2 saturated heterocycles. The van der Waals surface area contributed by atoms with Crippen LogP contribution in [0, 0.1) is 37.5 Å². The van der Waals surface area contributed by atoms with Crippen molar-refractivity contribution < 1.29 is 24.3 Å². The van der Waals surface area contributed by atoms with E-state index in [1.54, 1.807) is 61.5 Å². The van der Waals surface area contributed by atoms with Gasteiger partial charge in [0.1, 0.15) is 5.75 Å². The van der Waals surface area contributed by atoms with E-state index >= 15 is 4.79 Å². The van der Waals surface area contributed by atoms with E-state index in [1.807, 2.05) is 49.4 Å². The molecule has 0 radical (unpaired) electrons. The van der Waals surface area contributed by atoms with Gasteiger partial charge in [0.05, 0.1) is 34.5 Å². The molecule has 4 aromatic rings. The summed E-state index contributed by atoms with van der Waals surface area (Å²) >= 11 is 12.8. The molecule has 246 valence electrons. The van der Waals surface area contributed by atoms with Crippen molar-refractivity contribution in [1.29, 1.82) is 0 Å². The molecule has 7 nitrogen and oxygen atoms in total. The number of carbonyl (C=O) groups is 4. The lowest BCUT2D eigenvalue weighted by atomic mass is 9.49. The van der Waals surface area contributed by atoms with Gasteiger partial charge in [-0.1, -0.05) is 89.4 Å². The Hall–Kier alpha value is -4.72. The largest absolute Gasteiger partial charge is 0.508 e. The highest BCUT2D eigenvalue weighted by Gasteiger charge is 2.70. The van der Waals surface area contributed by atoms with Gasteiger partial charge in [-0.05, 0) is 91.3 Å². The molecule has 8 rings (SSSR count). The lowest BCUT2D eigenvalue weighted by Gasteiger charge is -2.50. The van der Waals surface area contributed by atoms with Crippen LogP contribution >= 0.6 is 23.2 Å². The second kappa shape index (κ2) is 11.4. The first kappa shape index (κ1) is 31.5. The van der Waals surface area contributed by atoms with E-state index in [2.05, 4.69) is 0 Å². The summed E-state index contributed by atoms with van der Waals surface area (Å²) in [7, 11) is 0. The van der Waals surface area contributed by atoms with Gasteiger partial charge in [-0.15, -0.1) is 0 Å². The number of halogens is 2. The van der Waals surface area contributed by atoms with Crippen LogP contribution < -0.4 is 9.80 Å². The zero-order chi connectivity index (χ0) is 34.4. The van der Waals surface area contributed by atoms with E-state index in [0.29, 0.717) is 39.0 Å². The van der Waals surface area contributed by atoms with Crippen molar-refractivity contribution >= 4 is 58.2 Å². The Bertz CT molecular complexity index is 2130. The number of hydrogen-bond acceptors (Lipinski definition) is 5. The van der Waals surface area contributed by atoms with Gasteiger partial charge < -0.3 is 5.11 Å². The van der Waals surface area contributed by atoms with E-state index < -0.39 is 35.0 Å². The first-order valence-corrected chi connectivity index (χ1v) is 17.1. The molecule has 0 aromatic heterocycles. The van der Waals surface area contributed by atoms with Crippen LogP contribution in [-0.2, 0) is 24.6 Å². The number of phenols is 1. The fourth-order valence-corrected chi connectivity index (χ4v) is 9.31. The van der Waals surface area contributed by atoms with Crippen LogP contribution in [-0.4, -0.2) is 28.7 Å². The van der Waals surface area contributed by atoms with Crippen LogP contribution in [0.2, 0.25) is 10.0 Å². The maximum absolute atomic E-state index is 15.3. The summed E-state index contributed by atoms with van der Waals surface area (Å²) in [6, 6.07) is 26.5. The molecular weight excluding hydrogens is 659 g/mol. The molecular formula is C40H32Cl2N2O5. The molecule has 2 heterocycles. The highest BCUT2D eigenvalue weighted by Crippen LogP contribution is 2.64. The van der Waals surface area contributed by atoms with E-state index in [9.17, 15) is 19.5 Å². The molecule has 9 heteroatoms. The number of fused-ring (bicyclic) bond motifs is 4. The monoisotopic (exact) mass is 690 g/mol. The Balaban J connectivity index is 1.35. The van der Waals surface area contributed by atoms with Crippen molar-refractivity contribution in [1.82, 2.24) is 0 Å². The van der Waals surface area contributed by atoms with Gasteiger partial charge in [-0.2, -0.15) is 0 Å². The number of nitrogens with zero attached hydrogens (tertiary/aromatic N) is 2. The Kier molecular flexibility index (Phi) is 7.36. The summed E-state index contributed by atoms with van der Waals surface area (Å²) in [5, 5.41) is 11.4. The molecule has 0 spiro atoms. The number of imide groups is 2. The van der Waals surface area contributed by atoms with Crippen LogP contribution in [0.15, 0.2) is 103 Å². The van der Waals surface area contributed by atoms with Crippen LogP contribution in [0.25, 0.3) is 0 Å². The minimum Gasteiger partial charge on any atom is -0.508 e. The van der Waals surface area contributed by atoms with Crippen molar-refractivity contribution in [3.63, 3.8) is 0 Å². The quantitative estimate of drug-likeness (QED) is 0.175. The normalized spacial score (nSPS) is 27.6. The van der Waals surface area contributed by atoms with Gasteiger partial charge in [0.25, 0.3) is 0 Å². The van der Waals surface area contributed by atoms with E-state index in [-0.39, 0.29) is 35.8 Å². The Morgan fingerprint density at radius 3 is 2.20 bits per heavy atom. The summed E-state index contributed by atoms with van der Waals surface area (Å²) in [6.45, 7) is 3.65. The number of carbonyl (C=O) groups excluding carboxylic acids is 4. The lowest BCUT2D eigenvalue weighted by Crippen LogP contribution is -2.53. The van der Waals surface area contributed by atoms with Gasteiger partial charge in [-0.3, -0.25) is 19.2 Å². The average Bonchev–Trinajstić information content (AvgIpc) is 3.48. The molecule has 49 heavy (non-hydrogen) atoms. The number of benzene rings is 4. The highest BCUT2D eigenvalue weighted by molar-refractivity contribution is 6.33. The number of rotatable bonds is 4. The van der Waals surface area contributed by atoms with E-state index in [0.717, 1.165) is 16.7 Å². The molecule has 1 N–H and O–H groups in total. The average molecular weight is 692 g/mol. The predicted molar refractivity (Wildman–Crippen MR) is 188 cm³/mol. The number of aryl methyl sites for hydroxylation is 2. The maximum Gasteiger partial charge on any atom is 0.246 e. The third-order valence-corrected chi connectivity index (χ3v) is 11.8. The minimum atomic E-state index is -1.38. The Morgan fingerprint density at radius 1 is 0.735 bits per heavy atom. The number of amides is 4. The van der Waals surface area contributed by atoms with Gasteiger partial charge in [0, 0.05) is 16.0 Å². The zero-order valence-corrected chi connectivity index (χ0v) is 28.3. The van der Waals surface area contributed by atoms with Crippen LogP contribution in [0.3, 0.4) is 0 Å². The summed E-state index contributed by atoms with van der Waals surface area (Å²) in [5.74, 6) is -4.67. The molecule has 2 aliphatic carbocycles. The fourth-order valence-electron chi connectivity index (χ4n) is 8.95. The molecule has 6 atom stereocenters. The maximum atomic E-state index is 15.3. The summed E-state index contributed by atoms with van der Waals surface area (Å²) in [5.41, 5.74) is 3.14. The van der Waals surface area contributed by atoms with Gasteiger partial charge in [0.15, 0.2) is 0 Å². The lowest BCUT2D eigenvalue weighted by molar-refractivity contribution is -0.127. The van der Waals surface area contributed by atoms with Crippen LogP contribution in [0.1, 0.15) is 41.0 Å². The van der Waals surface area contributed by atoms with Gasteiger partial charge >= 0.3 is 0 Å². The molecule has 1 saturated carbocycles. The van der Waals surface area contributed by atoms with Crippen LogP contribution in [0.4, 0.5) is 11.4 Å². The predicted octanol–water partition coefficient (Wildman–Crippen LogP) is 7.68. The molecule has 0 bridgehead atoms. The van der Waals surface area contributed by atoms with Crippen molar-refractivity contribution in [2.24, 2.45) is 23.7 Å². The Morgan fingerprint density at radius 2 is 1.49 bits per heavy atom. The van der Waals surface area contributed by atoms with Gasteiger partial charge in [-0.25, -0.2) is 9.80 Å². The number of anilines is 2. The topological polar surface area (TPSA) is 95.0 Å². The van der Waals surface area contributed by atoms with Crippen molar-refractivity contribution in [3.05, 3.63) is 135 Å². The van der Waals surface area contributed by atoms with Gasteiger partial charge in [0.2, 0.25) is 23.6 Å². The molecule has 3 fully saturated rings. The summed E-state index contributed by atoms with van der Waals surface area (Å²) in [6.07, 6.45) is 2.52. The van der Waals surface area contributed by atoms with Crippen molar-refractivity contribution in [2.75, 3.05) is 9.80 Å². The first-order valence-electron chi connectivity index (χ1n) is 16.4. The third-order valence-electron chi connectivity index (χ3n) is 11.1. The number of aromatic hydroxyl groups is 1. The number of phenolic OH excluding ortho intramolecular Hbond substituents is 1. The number of hydrogen-bond donors (Lipinski definition) is 1. The van der Waals surface area contributed by atoms with Crippen molar-refractivity contribution in [3.8, 4) is 5.75 Å². The standard InChI is InChI=1S/C40H32Cl2N2O5/c1-21-11-13-27(19-32(21)42)43-36(46)29-15-14-28-30(34(29)38(43)48)20-31-37(47)44(26-10-6-9-25(41)18-26)39(49)40(31,24-7-4-3-5-8-24)35(28)23-12-16-33(45)22(2)17-23/h3-14,16-19,29-31,34-35,45H,15,20H2,1-2H3/t29-,30+,31-,34-,35-,40+/m0/s1. The summed E-state index contributed by atoms with van der Waals surface area (Å²) < 4.78 is 0. The number of allylic oxidation sites excluding steroid dienone is 2. The molecule has 4 aliphatic rings. The van der Waals surface area contributed by atoms with E-state index in [4.69, 9.17) is 23.2 Å². The Labute approximate surface area is 293 Å². The molecule has 0 unspecified atom stereocenters. The molecule has 4 amide bonds. The summed E-state index contributed by atoms with van der Waals surface area (Å²) in [4.78, 5) is 61.1. The first-order chi connectivity index (χ1) is 23.5.